The minimum Gasteiger partial charge on any atom is -0.366 e. The van der Waals surface area contributed by atoms with Crippen LogP contribution in [0.25, 0.3) is 27.9 Å². The fourth-order valence-electron chi connectivity index (χ4n) is 5.65. The van der Waals surface area contributed by atoms with Crippen LogP contribution in [-0.2, 0) is 9.84 Å². The number of rotatable bonds is 8. The third kappa shape index (κ3) is 5.09. The molecule has 198 valence electrons. The molecule has 0 saturated carbocycles. The van der Waals surface area contributed by atoms with Crippen molar-refractivity contribution in [1.29, 1.82) is 0 Å². The molecule has 0 spiro atoms. The van der Waals surface area contributed by atoms with Crippen molar-refractivity contribution >= 4 is 32.3 Å². The van der Waals surface area contributed by atoms with E-state index in [2.05, 4.69) is 72.2 Å². The number of nitrogens with one attached hydrogen (secondary N) is 2. The van der Waals surface area contributed by atoms with Crippen molar-refractivity contribution < 1.29 is 8.42 Å². The molecule has 0 unspecified atom stereocenters. The zero-order chi connectivity index (χ0) is 26.5. The number of aromatic nitrogens is 5. The molecular formula is C27H37N7O2S. The highest BCUT2D eigenvalue weighted by Crippen LogP contribution is 2.37. The van der Waals surface area contributed by atoms with Gasteiger partial charge in [0.05, 0.1) is 22.5 Å². The van der Waals surface area contributed by atoms with Gasteiger partial charge in [-0.2, -0.15) is 5.10 Å². The van der Waals surface area contributed by atoms with Crippen LogP contribution in [0.3, 0.4) is 0 Å². The zero-order valence-corrected chi connectivity index (χ0v) is 23.4. The number of nitrogens with zero attached hydrogens (tertiary/aromatic N) is 5. The van der Waals surface area contributed by atoms with Gasteiger partial charge in [-0.3, -0.25) is 4.90 Å². The van der Waals surface area contributed by atoms with E-state index in [0.29, 0.717) is 12.5 Å². The molecule has 9 nitrogen and oxygen atoms in total. The van der Waals surface area contributed by atoms with Gasteiger partial charge in [-0.05, 0) is 69.3 Å². The van der Waals surface area contributed by atoms with Crippen LogP contribution < -0.4 is 5.32 Å². The van der Waals surface area contributed by atoms with Crippen LogP contribution in [0.1, 0.15) is 56.2 Å². The average molecular weight is 524 g/mol. The summed E-state index contributed by atoms with van der Waals surface area (Å²) in [6.45, 7) is 12.5. The number of H-pyrrole nitrogens is 1. The molecule has 4 aromatic heterocycles. The van der Waals surface area contributed by atoms with E-state index in [1.54, 1.807) is 6.33 Å². The molecule has 4 aromatic rings. The molecule has 37 heavy (non-hydrogen) atoms. The number of aromatic amines is 1. The summed E-state index contributed by atoms with van der Waals surface area (Å²) in [6.07, 6.45) is 6.63. The first-order chi connectivity index (χ1) is 17.5. The second-order valence-corrected chi connectivity index (χ2v) is 13.1. The van der Waals surface area contributed by atoms with Gasteiger partial charge in [-0.25, -0.2) is 22.9 Å². The Morgan fingerprint density at radius 3 is 2.73 bits per heavy atom. The molecule has 0 amide bonds. The summed E-state index contributed by atoms with van der Waals surface area (Å²) < 4.78 is 24.8. The number of hydrogen-bond donors (Lipinski definition) is 2. The predicted molar refractivity (Wildman–Crippen MR) is 149 cm³/mol. The Bertz CT molecular complexity index is 1550. The van der Waals surface area contributed by atoms with Crippen LogP contribution in [0.4, 0.5) is 5.82 Å². The molecule has 2 N–H and O–H groups in total. The molecule has 2 atom stereocenters. The number of fused-ring (bicyclic) bond motifs is 2. The quantitative estimate of drug-likeness (QED) is 0.354. The number of sulfone groups is 1. The lowest BCUT2D eigenvalue weighted by Gasteiger charge is -2.20. The Balaban J connectivity index is 1.42. The normalized spacial score (nSPS) is 19.0. The highest BCUT2D eigenvalue weighted by atomic mass is 32.2. The van der Waals surface area contributed by atoms with E-state index in [9.17, 15) is 8.42 Å². The van der Waals surface area contributed by atoms with Gasteiger partial charge in [-0.1, -0.05) is 13.8 Å². The van der Waals surface area contributed by atoms with Crippen molar-refractivity contribution in [2.75, 3.05) is 30.4 Å². The molecule has 0 radical (unpaired) electrons. The second kappa shape index (κ2) is 9.72. The summed E-state index contributed by atoms with van der Waals surface area (Å²) in [5.74, 6) is 1.38. The molecule has 1 aliphatic heterocycles. The number of anilines is 1. The summed E-state index contributed by atoms with van der Waals surface area (Å²) in [5, 5.41) is 8.03. The summed E-state index contributed by atoms with van der Waals surface area (Å²) in [5.41, 5.74) is 8.58. The standard InChI is InChI=1S/C27H37N7O2S/c1-16(2)24-25(21-14-34-27(28-15-29-34)19(5)18(21)4)31-22-8-9-23(32-26(22)24)30-20-12-17(3)33(13-20)10-7-11-37(6,35)36/h8-9,14-17,20,31H,7,10-13H2,1-6H3,(H,30,32)/t17-,20+/m0/s1. The highest BCUT2D eigenvalue weighted by molar-refractivity contribution is 7.90. The SMILES string of the molecule is Cc1c(-c2[nH]c3ccc(N[C@@H]4C[C@H](C)N(CCCS(C)(=O)=O)C4)nc3c2C(C)C)cn2ncnc2c1C. The Morgan fingerprint density at radius 2 is 2.00 bits per heavy atom. The number of likely N-dealkylation sites (tertiary alicyclic amines) is 1. The third-order valence-corrected chi connectivity index (χ3v) is 8.70. The van der Waals surface area contributed by atoms with E-state index in [1.807, 2.05) is 10.6 Å². The topological polar surface area (TPSA) is 108 Å². The first-order valence-corrected chi connectivity index (χ1v) is 15.1. The molecular weight excluding hydrogens is 486 g/mol. The van der Waals surface area contributed by atoms with E-state index in [4.69, 9.17) is 4.98 Å². The number of hydrogen-bond acceptors (Lipinski definition) is 7. The van der Waals surface area contributed by atoms with Gasteiger partial charge < -0.3 is 10.3 Å². The van der Waals surface area contributed by atoms with Crippen molar-refractivity contribution in [3.05, 3.63) is 41.3 Å². The monoisotopic (exact) mass is 523 g/mol. The van der Waals surface area contributed by atoms with Gasteiger partial charge in [0.25, 0.3) is 0 Å². The second-order valence-electron chi connectivity index (χ2n) is 10.9. The van der Waals surface area contributed by atoms with Crippen molar-refractivity contribution in [2.24, 2.45) is 0 Å². The summed E-state index contributed by atoms with van der Waals surface area (Å²) in [7, 11) is -2.92. The van der Waals surface area contributed by atoms with Crippen molar-refractivity contribution in [2.45, 2.75) is 65.5 Å². The van der Waals surface area contributed by atoms with Crippen molar-refractivity contribution in [3.63, 3.8) is 0 Å². The average Bonchev–Trinajstić information content (AvgIpc) is 3.52. The lowest BCUT2D eigenvalue weighted by molar-refractivity contribution is 0.269. The molecule has 1 saturated heterocycles. The van der Waals surface area contributed by atoms with Gasteiger partial charge in [0.15, 0.2) is 5.65 Å². The van der Waals surface area contributed by atoms with E-state index in [1.165, 1.54) is 17.4 Å². The first-order valence-electron chi connectivity index (χ1n) is 13.0. The lowest BCUT2D eigenvalue weighted by atomic mass is 9.95. The van der Waals surface area contributed by atoms with Crippen LogP contribution in [0.15, 0.2) is 24.7 Å². The van der Waals surface area contributed by atoms with Gasteiger partial charge in [0.1, 0.15) is 22.0 Å². The minimum atomic E-state index is -2.92. The number of pyridine rings is 2. The van der Waals surface area contributed by atoms with E-state index in [0.717, 1.165) is 58.8 Å². The van der Waals surface area contributed by atoms with Crippen molar-refractivity contribution in [1.82, 2.24) is 29.5 Å². The van der Waals surface area contributed by atoms with Crippen LogP contribution in [0.5, 0.6) is 0 Å². The Labute approximate surface area is 218 Å². The fourth-order valence-corrected chi connectivity index (χ4v) is 6.30. The summed E-state index contributed by atoms with van der Waals surface area (Å²) >= 11 is 0. The third-order valence-electron chi connectivity index (χ3n) is 7.67. The van der Waals surface area contributed by atoms with Crippen molar-refractivity contribution in [3.8, 4) is 11.3 Å². The lowest BCUT2D eigenvalue weighted by Crippen LogP contribution is -2.31. The van der Waals surface area contributed by atoms with Crippen LogP contribution in [-0.4, -0.2) is 75.1 Å². The molecule has 1 aliphatic rings. The van der Waals surface area contributed by atoms with E-state index >= 15 is 0 Å². The molecule has 0 aliphatic carbocycles. The van der Waals surface area contributed by atoms with E-state index < -0.39 is 9.84 Å². The highest BCUT2D eigenvalue weighted by Gasteiger charge is 2.29. The maximum Gasteiger partial charge on any atom is 0.158 e. The van der Waals surface area contributed by atoms with Gasteiger partial charge in [0.2, 0.25) is 0 Å². The minimum absolute atomic E-state index is 0.239. The van der Waals surface area contributed by atoms with E-state index in [-0.39, 0.29) is 17.7 Å². The predicted octanol–water partition coefficient (Wildman–Crippen LogP) is 4.32. The van der Waals surface area contributed by atoms with Gasteiger partial charge in [-0.15, -0.1) is 0 Å². The maximum atomic E-state index is 11.5. The summed E-state index contributed by atoms with van der Waals surface area (Å²) in [4.78, 5) is 15.5. The molecule has 5 heterocycles. The van der Waals surface area contributed by atoms with Crippen LogP contribution >= 0.6 is 0 Å². The largest absolute Gasteiger partial charge is 0.366 e. The van der Waals surface area contributed by atoms with Crippen LogP contribution in [0.2, 0.25) is 0 Å². The molecule has 0 aromatic carbocycles. The molecule has 1 fully saturated rings. The summed E-state index contributed by atoms with van der Waals surface area (Å²) in [6, 6.07) is 4.84. The molecule has 5 rings (SSSR count). The Morgan fingerprint density at radius 1 is 1.22 bits per heavy atom. The maximum absolute atomic E-state index is 11.5. The smallest absolute Gasteiger partial charge is 0.158 e. The Kier molecular flexibility index (Phi) is 6.74. The molecule has 10 heteroatoms. The van der Waals surface area contributed by atoms with Crippen LogP contribution in [0, 0.1) is 13.8 Å². The molecule has 0 bridgehead atoms. The van der Waals surface area contributed by atoms with Gasteiger partial charge in [0, 0.05) is 42.2 Å². The van der Waals surface area contributed by atoms with Gasteiger partial charge >= 0.3 is 0 Å². The first kappa shape index (κ1) is 25.7. The number of aryl methyl sites for hydroxylation is 1. The Hall–Kier alpha value is -2.98. The fraction of sp³-hybridized carbons (Fsp3) is 0.519. The zero-order valence-electron chi connectivity index (χ0n) is 22.5.